The van der Waals surface area contributed by atoms with Gasteiger partial charge in [0, 0.05) is 36.1 Å². The normalized spacial score (nSPS) is 19.2. The molecule has 2 amide bonds. The molecule has 4 rings (SSSR count). The Labute approximate surface area is 207 Å². The zero-order valence-electron chi connectivity index (χ0n) is 20.5. The molecular weight excluding hydrogens is 464 g/mol. The van der Waals surface area contributed by atoms with Gasteiger partial charge in [-0.1, -0.05) is 32.9 Å². The molecule has 2 fully saturated rings. The van der Waals surface area contributed by atoms with Crippen LogP contribution in [0.25, 0.3) is 0 Å². The van der Waals surface area contributed by atoms with E-state index in [1.54, 1.807) is 34.6 Å². The van der Waals surface area contributed by atoms with Gasteiger partial charge in [0.05, 0.1) is 10.8 Å². The van der Waals surface area contributed by atoms with E-state index in [9.17, 15) is 18.0 Å². The van der Waals surface area contributed by atoms with Crippen molar-refractivity contribution in [1.82, 2.24) is 4.31 Å². The van der Waals surface area contributed by atoms with Gasteiger partial charge in [-0.05, 0) is 67.0 Å². The Morgan fingerprint density at radius 3 is 2.31 bits per heavy atom. The van der Waals surface area contributed by atoms with E-state index < -0.39 is 15.9 Å². The largest absolute Gasteiger partial charge is 0.380 e. The lowest BCUT2D eigenvalue weighted by Gasteiger charge is -2.33. The van der Waals surface area contributed by atoms with Crippen LogP contribution < -0.4 is 16.4 Å². The summed E-state index contributed by atoms with van der Waals surface area (Å²) in [5.74, 6) is -0.857. The first-order chi connectivity index (χ1) is 16.4. The van der Waals surface area contributed by atoms with Crippen molar-refractivity contribution >= 4 is 33.2 Å². The Balaban J connectivity index is 1.49. The highest BCUT2D eigenvalue weighted by atomic mass is 32.2. The highest BCUT2D eigenvalue weighted by molar-refractivity contribution is 7.90. The summed E-state index contributed by atoms with van der Waals surface area (Å²) >= 11 is 0. The van der Waals surface area contributed by atoms with Crippen LogP contribution in [0.1, 0.15) is 72.7 Å². The minimum absolute atomic E-state index is 0.00709. The molecule has 4 N–H and O–H groups in total. The number of primary amides is 1. The maximum atomic E-state index is 12.8. The van der Waals surface area contributed by atoms with Gasteiger partial charge in [-0.25, -0.2) is 8.42 Å². The van der Waals surface area contributed by atoms with Crippen LogP contribution in [0, 0.1) is 0 Å². The number of rotatable bonds is 7. The van der Waals surface area contributed by atoms with Crippen LogP contribution >= 0.6 is 0 Å². The third kappa shape index (κ3) is 5.85. The lowest BCUT2D eigenvalue weighted by Crippen LogP contribution is -2.46. The molecule has 1 saturated carbocycles. The van der Waals surface area contributed by atoms with Crippen molar-refractivity contribution in [2.75, 3.05) is 23.7 Å². The quantitative estimate of drug-likeness (QED) is 0.537. The molecule has 8 nitrogen and oxygen atoms in total. The smallest absolute Gasteiger partial charge is 0.255 e. The van der Waals surface area contributed by atoms with E-state index in [0.29, 0.717) is 35.6 Å². The average molecular weight is 499 g/mol. The molecule has 188 valence electrons. The molecule has 1 saturated heterocycles. The number of sulfonamides is 1. The molecule has 2 aromatic carbocycles. The number of carbonyl (C=O) groups is 2. The highest BCUT2D eigenvalue weighted by Crippen LogP contribution is 2.33. The molecular formula is C26H34N4O4S. The van der Waals surface area contributed by atoms with Crippen molar-refractivity contribution in [2.24, 2.45) is 5.73 Å². The Kier molecular flexibility index (Phi) is 6.92. The van der Waals surface area contributed by atoms with E-state index in [1.165, 1.54) is 0 Å². The summed E-state index contributed by atoms with van der Waals surface area (Å²) in [6.45, 7) is 7.20. The summed E-state index contributed by atoms with van der Waals surface area (Å²) in [6, 6.07) is 12.2. The zero-order valence-corrected chi connectivity index (χ0v) is 21.3. The van der Waals surface area contributed by atoms with E-state index in [2.05, 4.69) is 31.4 Å². The van der Waals surface area contributed by atoms with Gasteiger partial charge in [0.15, 0.2) is 0 Å². The van der Waals surface area contributed by atoms with Crippen LogP contribution in [0.3, 0.4) is 0 Å². The Bertz CT molecular complexity index is 1210. The first-order valence-electron chi connectivity index (χ1n) is 12.1. The van der Waals surface area contributed by atoms with Crippen LogP contribution in [-0.4, -0.2) is 48.9 Å². The van der Waals surface area contributed by atoms with Gasteiger partial charge in [-0.2, -0.15) is 4.31 Å². The molecule has 9 heteroatoms. The number of nitrogens with zero attached hydrogens (tertiary/aromatic N) is 1. The second kappa shape index (κ2) is 9.62. The van der Waals surface area contributed by atoms with Crippen molar-refractivity contribution < 1.29 is 18.0 Å². The molecule has 35 heavy (non-hydrogen) atoms. The van der Waals surface area contributed by atoms with Gasteiger partial charge in [0.2, 0.25) is 10.0 Å². The number of nitrogens with two attached hydrogens (primary N) is 1. The SMILES string of the molecule is CC(C)(C)c1ccc(C(=O)Nc2ccc(C(N)=O)c(NC3CCCN(S(=O)(=O)C4CC4)C3)c2)cc1. The van der Waals surface area contributed by atoms with Crippen molar-refractivity contribution in [3.8, 4) is 0 Å². The standard InChI is InChI=1S/C26H34N4O4S/c1-26(2,3)18-8-6-17(7-9-18)25(32)29-19-10-13-22(24(27)31)23(15-19)28-20-5-4-14-30(16-20)35(33,34)21-11-12-21/h6-10,13,15,20-21,28H,4-5,11-12,14,16H2,1-3H3,(H2,27,31)(H,29,32). The second-order valence-electron chi connectivity index (χ2n) is 10.5. The Hall–Kier alpha value is -2.91. The molecule has 2 aromatic rings. The number of anilines is 2. The lowest BCUT2D eigenvalue weighted by molar-refractivity contribution is 0.0998. The Morgan fingerprint density at radius 2 is 1.71 bits per heavy atom. The van der Waals surface area contributed by atoms with Crippen LogP contribution in [0.15, 0.2) is 42.5 Å². The number of benzene rings is 2. The number of hydrogen-bond donors (Lipinski definition) is 3. The van der Waals surface area contributed by atoms with Crippen LogP contribution in [-0.2, 0) is 15.4 Å². The number of piperidine rings is 1. The van der Waals surface area contributed by atoms with E-state index in [0.717, 1.165) is 31.2 Å². The monoisotopic (exact) mass is 498 g/mol. The maximum absolute atomic E-state index is 12.8. The number of carbonyl (C=O) groups excluding carboxylic acids is 2. The van der Waals surface area contributed by atoms with Crippen molar-refractivity contribution in [2.45, 2.75) is 63.2 Å². The predicted octanol–water partition coefficient (Wildman–Crippen LogP) is 3.70. The Morgan fingerprint density at radius 1 is 1.03 bits per heavy atom. The molecule has 1 aliphatic heterocycles. The summed E-state index contributed by atoms with van der Waals surface area (Å²) in [4.78, 5) is 24.9. The summed E-state index contributed by atoms with van der Waals surface area (Å²) in [5.41, 5.74) is 8.53. The number of hydrogen-bond acceptors (Lipinski definition) is 5. The van der Waals surface area contributed by atoms with Crippen molar-refractivity contribution in [1.29, 1.82) is 0 Å². The average Bonchev–Trinajstić information content (AvgIpc) is 3.65. The summed E-state index contributed by atoms with van der Waals surface area (Å²) in [6.07, 6.45) is 2.95. The van der Waals surface area contributed by atoms with E-state index >= 15 is 0 Å². The summed E-state index contributed by atoms with van der Waals surface area (Å²) in [5, 5.41) is 5.94. The molecule has 2 aliphatic rings. The minimum Gasteiger partial charge on any atom is -0.380 e. The predicted molar refractivity (Wildman–Crippen MR) is 138 cm³/mol. The van der Waals surface area contributed by atoms with Crippen LogP contribution in [0.2, 0.25) is 0 Å². The minimum atomic E-state index is -3.26. The van der Waals surface area contributed by atoms with Gasteiger partial charge in [0.25, 0.3) is 11.8 Å². The zero-order chi connectivity index (χ0) is 25.4. The molecule has 1 atom stereocenters. The first kappa shape index (κ1) is 25.2. The maximum Gasteiger partial charge on any atom is 0.255 e. The molecule has 1 aliphatic carbocycles. The molecule has 0 spiro atoms. The molecule has 0 aromatic heterocycles. The number of nitrogens with one attached hydrogen (secondary N) is 2. The molecule has 0 radical (unpaired) electrons. The molecule has 1 heterocycles. The van der Waals surface area contributed by atoms with Crippen molar-refractivity contribution in [3.05, 3.63) is 59.2 Å². The van der Waals surface area contributed by atoms with Gasteiger partial charge >= 0.3 is 0 Å². The summed E-state index contributed by atoms with van der Waals surface area (Å²) < 4.78 is 26.9. The molecule has 0 bridgehead atoms. The molecule has 1 unspecified atom stereocenters. The van der Waals surface area contributed by atoms with Gasteiger partial charge < -0.3 is 16.4 Å². The highest BCUT2D eigenvalue weighted by Gasteiger charge is 2.41. The van der Waals surface area contributed by atoms with Gasteiger partial charge in [-0.3, -0.25) is 9.59 Å². The van der Waals surface area contributed by atoms with Gasteiger partial charge in [-0.15, -0.1) is 0 Å². The second-order valence-corrected chi connectivity index (χ2v) is 12.7. The van der Waals surface area contributed by atoms with Crippen molar-refractivity contribution in [3.63, 3.8) is 0 Å². The van der Waals surface area contributed by atoms with E-state index in [4.69, 9.17) is 5.73 Å². The number of amides is 2. The fraction of sp³-hybridized carbons (Fsp3) is 0.462. The third-order valence-corrected chi connectivity index (χ3v) is 8.97. The fourth-order valence-electron chi connectivity index (χ4n) is 4.37. The topological polar surface area (TPSA) is 122 Å². The lowest BCUT2D eigenvalue weighted by atomic mass is 9.87. The van der Waals surface area contributed by atoms with Crippen LogP contribution in [0.4, 0.5) is 11.4 Å². The van der Waals surface area contributed by atoms with Crippen LogP contribution in [0.5, 0.6) is 0 Å². The fourth-order valence-corrected chi connectivity index (χ4v) is 6.29. The first-order valence-corrected chi connectivity index (χ1v) is 13.6. The van der Waals surface area contributed by atoms with Gasteiger partial charge in [0.1, 0.15) is 0 Å². The summed E-state index contributed by atoms with van der Waals surface area (Å²) in [7, 11) is -3.26. The third-order valence-electron chi connectivity index (χ3n) is 6.61. The van der Waals surface area contributed by atoms with E-state index in [-0.39, 0.29) is 22.6 Å². The van der Waals surface area contributed by atoms with E-state index in [1.807, 2.05) is 12.1 Å².